The van der Waals surface area contributed by atoms with E-state index in [0.717, 1.165) is 63.8 Å². The van der Waals surface area contributed by atoms with Gasteiger partial charge in [0.1, 0.15) is 0 Å². The van der Waals surface area contributed by atoms with Crippen molar-refractivity contribution < 1.29 is 14.3 Å². The molecule has 0 aliphatic heterocycles. The van der Waals surface area contributed by atoms with Crippen LogP contribution in [0.4, 0.5) is 0 Å². The van der Waals surface area contributed by atoms with Crippen molar-refractivity contribution in [3.05, 3.63) is 71.8 Å². The van der Waals surface area contributed by atoms with Crippen LogP contribution in [0.3, 0.4) is 0 Å². The largest absolute Gasteiger partial charge is 0.465 e. The Bertz CT molecular complexity index is 693. The van der Waals surface area contributed by atoms with Crippen LogP contribution in [0.15, 0.2) is 60.7 Å². The van der Waals surface area contributed by atoms with Crippen molar-refractivity contribution in [2.45, 2.75) is 38.5 Å². The van der Waals surface area contributed by atoms with Gasteiger partial charge in [-0.1, -0.05) is 49.2 Å². The second-order valence-corrected chi connectivity index (χ2v) is 6.97. The van der Waals surface area contributed by atoms with Crippen LogP contribution >= 0.6 is 0 Å². The minimum Gasteiger partial charge on any atom is -0.465 e. The monoisotopic (exact) mass is 444 g/mol. The molecular weight excluding hydrogens is 404 g/mol. The minimum atomic E-state index is -0.291. The Morgan fingerprint density at radius 3 is 1.56 bits per heavy atom. The highest BCUT2D eigenvalue weighted by atomic mass is 16.5. The van der Waals surface area contributed by atoms with Crippen LogP contribution in [-0.4, -0.2) is 45.2 Å². The van der Waals surface area contributed by atoms with E-state index in [9.17, 15) is 9.59 Å². The molecule has 0 saturated heterocycles. The number of amides is 1. The van der Waals surface area contributed by atoms with Crippen molar-refractivity contribution in [1.29, 1.82) is 0 Å². The third-order valence-electron chi connectivity index (χ3n) is 4.31. The molecule has 0 radical (unpaired) electrons. The summed E-state index contributed by atoms with van der Waals surface area (Å²) >= 11 is 0. The summed E-state index contributed by atoms with van der Waals surface area (Å²) in [5.41, 5.74) is 17.1. The average molecular weight is 445 g/mol. The molecule has 2 aromatic rings. The zero-order valence-corrected chi connectivity index (χ0v) is 19.3. The Balaban J connectivity index is 0.000000489. The summed E-state index contributed by atoms with van der Waals surface area (Å²) < 4.78 is 4.50. The summed E-state index contributed by atoms with van der Waals surface area (Å²) in [6.45, 7) is 3.07. The summed E-state index contributed by atoms with van der Waals surface area (Å²) in [7, 11) is 1.37. The molecule has 0 saturated carbocycles. The van der Waals surface area contributed by atoms with Crippen molar-refractivity contribution >= 4 is 11.9 Å². The Morgan fingerprint density at radius 1 is 0.688 bits per heavy atom. The molecule has 0 aliphatic carbocycles. The van der Waals surface area contributed by atoms with Crippen molar-refractivity contribution in [3.63, 3.8) is 0 Å². The number of ether oxygens (including phenoxy) is 1. The Morgan fingerprint density at radius 2 is 1.12 bits per heavy atom. The summed E-state index contributed by atoms with van der Waals surface area (Å²) in [5, 5.41) is 2.88. The van der Waals surface area contributed by atoms with Gasteiger partial charge in [-0.3, -0.25) is 4.79 Å². The molecule has 7 heteroatoms. The van der Waals surface area contributed by atoms with Gasteiger partial charge in [-0.2, -0.15) is 0 Å². The fourth-order valence-electron chi connectivity index (χ4n) is 2.50. The SMILES string of the molecule is COC(=O)c1ccccc1.NCCCCCN.NCCCCCNC(=O)c1ccccc1. The van der Waals surface area contributed by atoms with E-state index in [1.165, 1.54) is 13.5 Å². The second kappa shape index (κ2) is 21.5. The normalized spacial score (nSPS) is 9.50. The van der Waals surface area contributed by atoms with E-state index in [2.05, 4.69) is 10.1 Å². The van der Waals surface area contributed by atoms with Gasteiger partial charge < -0.3 is 27.3 Å². The molecule has 0 aliphatic rings. The standard InChI is InChI=1S/C12H18N2O.C8H8O2.C5H14N2/c13-9-5-2-6-10-14-12(15)11-7-3-1-4-8-11;1-10-8(9)7-5-3-2-4-6-7;6-4-2-1-3-5-7/h1,3-4,7-8H,2,5-6,9-10,13H2,(H,14,15);2-6H,1H3;1-7H2. The molecule has 0 unspecified atom stereocenters. The van der Waals surface area contributed by atoms with Gasteiger partial charge in [-0.05, 0) is 69.6 Å². The Labute approximate surface area is 192 Å². The van der Waals surface area contributed by atoms with Crippen LogP contribution in [0.1, 0.15) is 59.2 Å². The molecule has 32 heavy (non-hydrogen) atoms. The summed E-state index contributed by atoms with van der Waals surface area (Å²) in [6, 6.07) is 18.1. The highest BCUT2D eigenvalue weighted by Gasteiger charge is 2.02. The highest BCUT2D eigenvalue weighted by Crippen LogP contribution is 1.99. The predicted molar refractivity (Wildman–Crippen MR) is 131 cm³/mol. The van der Waals surface area contributed by atoms with Gasteiger partial charge in [-0.25, -0.2) is 4.79 Å². The maximum absolute atomic E-state index is 11.5. The number of rotatable bonds is 11. The predicted octanol–water partition coefficient (Wildman–Crippen LogP) is 3.09. The maximum atomic E-state index is 11.5. The molecular formula is C25H40N4O3. The van der Waals surface area contributed by atoms with Gasteiger partial charge in [0.15, 0.2) is 0 Å². The van der Waals surface area contributed by atoms with E-state index in [1.54, 1.807) is 24.3 Å². The number of unbranched alkanes of at least 4 members (excludes halogenated alkanes) is 4. The molecule has 0 atom stereocenters. The zero-order chi connectivity index (χ0) is 23.9. The van der Waals surface area contributed by atoms with Crippen LogP contribution in [0, 0.1) is 0 Å². The molecule has 0 heterocycles. The van der Waals surface area contributed by atoms with Gasteiger partial charge >= 0.3 is 5.97 Å². The van der Waals surface area contributed by atoms with Crippen LogP contribution in [-0.2, 0) is 4.74 Å². The van der Waals surface area contributed by atoms with E-state index in [4.69, 9.17) is 17.2 Å². The molecule has 2 rings (SSSR count). The lowest BCUT2D eigenvalue weighted by molar-refractivity contribution is 0.0600. The maximum Gasteiger partial charge on any atom is 0.337 e. The molecule has 178 valence electrons. The van der Waals surface area contributed by atoms with E-state index >= 15 is 0 Å². The van der Waals surface area contributed by atoms with Crippen molar-refractivity contribution in [1.82, 2.24) is 5.32 Å². The molecule has 7 nitrogen and oxygen atoms in total. The average Bonchev–Trinajstić information content (AvgIpc) is 2.85. The summed E-state index contributed by atoms with van der Waals surface area (Å²) in [5.74, 6) is -0.288. The topological polar surface area (TPSA) is 133 Å². The van der Waals surface area contributed by atoms with Gasteiger partial charge in [-0.15, -0.1) is 0 Å². The first-order valence-corrected chi connectivity index (χ1v) is 11.2. The number of nitrogens with one attached hydrogen (secondary N) is 1. The molecule has 1 amide bonds. The fraction of sp³-hybridized carbons (Fsp3) is 0.440. The number of methoxy groups -OCH3 is 1. The van der Waals surface area contributed by atoms with Gasteiger partial charge in [0.25, 0.3) is 5.91 Å². The lowest BCUT2D eigenvalue weighted by Gasteiger charge is -2.04. The van der Waals surface area contributed by atoms with Crippen LogP contribution in [0.2, 0.25) is 0 Å². The number of esters is 1. The van der Waals surface area contributed by atoms with Gasteiger partial charge in [0.05, 0.1) is 12.7 Å². The number of nitrogens with two attached hydrogens (primary N) is 3. The molecule has 0 fully saturated rings. The third-order valence-corrected chi connectivity index (χ3v) is 4.31. The van der Waals surface area contributed by atoms with E-state index < -0.39 is 0 Å². The van der Waals surface area contributed by atoms with Gasteiger partial charge in [0.2, 0.25) is 0 Å². The smallest absolute Gasteiger partial charge is 0.337 e. The van der Waals surface area contributed by atoms with Crippen LogP contribution < -0.4 is 22.5 Å². The number of hydrogen-bond acceptors (Lipinski definition) is 6. The second-order valence-electron chi connectivity index (χ2n) is 6.97. The summed E-state index contributed by atoms with van der Waals surface area (Å²) in [4.78, 5) is 22.3. The number of carbonyl (C=O) groups excluding carboxylic acids is 2. The molecule has 0 spiro atoms. The van der Waals surface area contributed by atoms with Crippen LogP contribution in [0.25, 0.3) is 0 Å². The quantitative estimate of drug-likeness (QED) is 0.311. The van der Waals surface area contributed by atoms with Crippen molar-refractivity contribution in [2.24, 2.45) is 17.2 Å². The number of benzene rings is 2. The van der Waals surface area contributed by atoms with Gasteiger partial charge in [0, 0.05) is 12.1 Å². The van der Waals surface area contributed by atoms with E-state index in [-0.39, 0.29) is 11.9 Å². The first-order chi connectivity index (χ1) is 15.6. The summed E-state index contributed by atoms with van der Waals surface area (Å²) in [6.07, 6.45) is 6.53. The Hall–Kier alpha value is -2.74. The molecule has 7 N–H and O–H groups in total. The van der Waals surface area contributed by atoms with Crippen LogP contribution in [0.5, 0.6) is 0 Å². The fourth-order valence-corrected chi connectivity index (χ4v) is 2.50. The molecule has 0 bridgehead atoms. The first-order valence-electron chi connectivity index (χ1n) is 11.2. The van der Waals surface area contributed by atoms with E-state index in [1.807, 2.05) is 36.4 Å². The Kier molecular flexibility index (Phi) is 19.7. The molecule has 2 aromatic carbocycles. The molecule has 0 aromatic heterocycles. The first kappa shape index (κ1) is 29.3. The zero-order valence-electron chi connectivity index (χ0n) is 19.3. The number of carbonyl (C=O) groups is 2. The lowest BCUT2D eigenvalue weighted by Crippen LogP contribution is -2.24. The third kappa shape index (κ3) is 16.0. The highest BCUT2D eigenvalue weighted by molar-refractivity contribution is 5.94. The van der Waals surface area contributed by atoms with Crippen molar-refractivity contribution in [3.8, 4) is 0 Å². The number of hydrogen-bond donors (Lipinski definition) is 4. The van der Waals surface area contributed by atoms with Crippen molar-refractivity contribution in [2.75, 3.05) is 33.3 Å². The van der Waals surface area contributed by atoms with E-state index in [0.29, 0.717) is 5.56 Å². The lowest BCUT2D eigenvalue weighted by atomic mass is 10.2. The minimum absolute atomic E-state index is 0.00310.